The maximum atomic E-state index is 11.5. The van der Waals surface area contributed by atoms with Crippen LogP contribution in [0.25, 0.3) is 0 Å². The van der Waals surface area contributed by atoms with Gasteiger partial charge in [-0.1, -0.05) is 30.3 Å². The number of rotatable bonds is 6. The van der Waals surface area contributed by atoms with Gasteiger partial charge in [0, 0.05) is 0 Å². The molecule has 1 rings (SSSR count). The van der Waals surface area contributed by atoms with E-state index in [2.05, 4.69) is 4.74 Å². The van der Waals surface area contributed by atoms with E-state index in [1.165, 1.54) is 7.11 Å². The summed E-state index contributed by atoms with van der Waals surface area (Å²) >= 11 is 5.67. The minimum absolute atomic E-state index is 0.0452. The molecular formula is C11H13ClO4P+. The first kappa shape index (κ1) is 14.1. The van der Waals surface area contributed by atoms with Gasteiger partial charge in [-0.05, 0) is 10.1 Å². The van der Waals surface area contributed by atoms with Crippen molar-refractivity contribution in [2.75, 3.05) is 13.3 Å². The van der Waals surface area contributed by atoms with E-state index in [1.54, 1.807) is 0 Å². The molecule has 0 amide bonds. The number of carbonyl (C=O) groups excluding carboxylic acids is 1. The maximum Gasteiger partial charge on any atom is 0.510 e. The number of methoxy groups -OCH3 is 1. The molecule has 2 atom stereocenters. The van der Waals surface area contributed by atoms with Gasteiger partial charge in [-0.3, -0.25) is 4.79 Å². The van der Waals surface area contributed by atoms with E-state index in [9.17, 15) is 9.36 Å². The number of carbonyl (C=O) groups is 1. The molecule has 0 aliphatic carbocycles. The van der Waals surface area contributed by atoms with Crippen LogP contribution in [0, 0.1) is 0 Å². The molecule has 0 fully saturated rings. The number of alkyl halides is 1. The summed E-state index contributed by atoms with van der Waals surface area (Å²) in [6, 6.07) is 9.34. The van der Waals surface area contributed by atoms with Crippen molar-refractivity contribution < 1.29 is 18.6 Å². The van der Waals surface area contributed by atoms with Gasteiger partial charge < -0.3 is 4.74 Å². The molecule has 92 valence electrons. The van der Waals surface area contributed by atoms with Crippen LogP contribution in [-0.2, 0) is 25.2 Å². The Morgan fingerprint density at radius 3 is 2.65 bits per heavy atom. The van der Waals surface area contributed by atoms with E-state index >= 15 is 0 Å². The SMILES string of the molecule is COC(=O)C(Cl)C[P+](=O)OCc1ccccc1. The predicted molar refractivity (Wildman–Crippen MR) is 65.4 cm³/mol. The van der Waals surface area contributed by atoms with E-state index < -0.39 is 19.4 Å². The average molecular weight is 276 g/mol. The summed E-state index contributed by atoms with van der Waals surface area (Å²) in [6.45, 7) is 0.237. The van der Waals surface area contributed by atoms with Crippen molar-refractivity contribution in [1.29, 1.82) is 0 Å². The molecule has 6 heteroatoms. The van der Waals surface area contributed by atoms with Crippen LogP contribution in [0.4, 0.5) is 0 Å². The Hall–Kier alpha value is -0.960. The molecule has 0 aliphatic heterocycles. The molecule has 0 N–H and O–H groups in total. The minimum Gasteiger partial charge on any atom is -0.468 e. The second-order valence-electron chi connectivity index (χ2n) is 3.27. The van der Waals surface area contributed by atoms with Crippen LogP contribution >= 0.6 is 19.6 Å². The van der Waals surface area contributed by atoms with Gasteiger partial charge in [-0.25, -0.2) is 0 Å². The Morgan fingerprint density at radius 1 is 1.41 bits per heavy atom. The number of hydrogen-bond acceptors (Lipinski definition) is 4. The van der Waals surface area contributed by atoms with Crippen molar-refractivity contribution in [3.05, 3.63) is 35.9 Å². The zero-order chi connectivity index (χ0) is 12.7. The molecule has 1 aromatic rings. The standard InChI is InChI=1S/C11H13ClO4P/c1-15-11(13)10(12)8-17(14)16-7-9-5-3-2-4-6-9/h2-6,10H,7-8H2,1H3/q+1. The minimum atomic E-state index is -1.96. The van der Waals surface area contributed by atoms with Gasteiger partial charge in [-0.2, -0.15) is 0 Å². The summed E-state index contributed by atoms with van der Waals surface area (Å²) in [5.41, 5.74) is 0.917. The third-order valence-corrected chi connectivity index (χ3v) is 3.61. The van der Waals surface area contributed by atoms with Gasteiger partial charge in [0.25, 0.3) is 0 Å². The first-order valence-corrected chi connectivity index (χ1v) is 6.77. The molecule has 0 aromatic heterocycles. The molecule has 4 nitrogen and oxygen atoms in total. The summed E-state index contributed by atoms with van der Waals surface area (Å²) in [6.07, 6.45) is -0.0452. The van der Waals surface area contributed by atoms with E-state index in [0.717, 1.165) is 5.56 Å². The summed E-state index contributed by atoms with van der Waals surface area (Å²) in [5.74, 6) is -0.599. The van der Waals surface area contributed by atoms with Crippen molar-refractivity contribution >= 4 is 25.6 Å². The first-order valence-electron chi connectivity index (χ1n) is 4.97. The summed E-state index contributed by atoms with van der Waals surface area (Å²) in [4.78, 5) is 11.0. The van der Waals surface area contributed by atoms with E-state index in [0.29, 0.717) is 0 Å². The molecule has 0 spiro atoms. The van der Waals surface area contributed by atoms with E-state index in [4.69, 9.17) is 16.1 Å². The highest BCUT2D eigenvalue weighted by molar-refractivity contribution is 7.39. The Bertz CT molecular complexity index is 382. The molecule has 0 saturated carbocycles. The van der Waals surface area contributed by atoms with Crippen molar-refractivity contribution in [2.45, 2.75) is 12.0 Å². The van der Waals surface area contributed by atoms with E-state index in [1.807, 2.05) is 30.3 Å². The van der Waals surface area contributed by atoms with Crippen molar-refractivity contribution in [3.8, 4) is 0 Å². The Labute approximate surface area is 106 Å². The summed E-state index contributed by atoms with van der Waals surface area (Å²) in [5, 5.41) is -0.931. The molecule has 0 saturated heterocycles. The first-order chi connectivity index (χ1) is 8.13. The number of esters is 1. The van der Waals surface area contributed by atoms with Crippen molar-refractivity contribution in [3.63, 3.8) is 0 Å². The lowest BCUT2D eigenvalue weighted by Crippen LogP contribution is -2.18. The number of hydrogen-bond donors (Lipinski definition) is 0. The van der Waals surface area contributed by atoms with Gasteiger partial charge in [0.05, 0.1) is 7.11 Å². The molecule has 0 aliphatic rings. The van der Waals surface area contributed by atoms with Gasteiger partial charge in [0.2, 0.25) is 6.16 Å². The smallest absolute Gasteiger partial charge is 0.468 e. The largest absolute Gasteiger partial charge is 0.510 e. The maximum absolute atomic E-state index is 11.5. The zero-order valence-corrected chi connectivity index (χ0v) is 11.0. The van der Waals surface area contributed by atoms with Crippen LogP contribution in [0.1, 0.15) is 5.56 Å². The van der Waals surface area contributed by atoms with Gasteiger partial charge in [0.1, 0.15) is 6.61 Å². The van der Waals surface area contributed by atoms with Crippen molar-refractivity contribution in [2.24, 2.45) is 0 Å². The van der Waals surface area contributed by atoms with Crippen LogP contribution in [0.3, 0.4) is 0 Å². The Balaban J connectivity index is 2.33. The van der Waals surface area contributed by atoms with Gasteiger partial charge in [-0.15, -0.1) is 16.1 Å². The third-order valence-electron chi connectivity index (χ3n) is 1.98. The molecule has 1 aromatic carbocycles. The number of halogens is 1. The summed E-state index contributed by atoms with van der Waals surface area (Å²) in [7, 11) is -0.733. The second-order valence-corrected chi connectivity index (χ2v) is 5.08. The highest BCUT2D eigenvalue weighted by atomic mass is 35.5. The fourth-order valence-corrected chi connectivity index (χ4v) is 2.34. The van der Waals surface area contributed by atoms with Gasteiger partial charge >= 0.3 is 14.0 Å². The van der Waals surface area contributed by atoms with Crippen molar-refractivity contribution in [1.82, 2.24) is 0 Å². The quantitative estimate of drug-likeness (QED) is 0.455. The molecule has 0 bridgehead atoms. The molecule has 2 unspecified atom stereocenters. The predicted octanol–water partition coefficient (Wildman–Crippen LogP) is 2.73. The Morgan fingerprint density at radius 2 is 2.06 bits per heavy atom. The molecule has 0 radical (unpaired) electrons. The zero-order valence-electron chi connectivity index (χ0n) is 9.34. The van der Waals surface area contributed by atoms with E-state index in [-0.39, 0.29) is 12.8 Å². The van der Waals surface area contributed by atoms with Crippen LogP contribution in [-0.4, -0.2) is 24.6 Å². The van der Waals surface area contributed by atoms with Crippen LogP contribution in [0.2, 0.25) is 0 Å². The average Bonchev–Trinajstić information content (AvgIpc) is 2.36. The van der Waals surface area contributed by atoms with Crippen LogP contribution in [0.15, 0.2) is 30.3 Å². The fourth-order valence-electron chi connectivity index (χ4n) is 1.11. The monoisotopic (exact) mass is 275 g/mol. The number of benzene rings is 1. The second kappa shape index (κ2) is 7.38. The summed E-state index contributed by atoms with van der Waals surface area (Å²) < 4.78 is 21.0. The van der Waals surface area contributed by atoms with Crippen LogP contribution in [0.5, 0.6) is 0 Å². The highest BCUT2D eigenvalue weighted by Gasteiger charge is 2.29. The van der Waals surface area contributed by atoms with Gasteiger partial charge in [0.15, 0.2) is 5.38 Å². The normalized spacial score (nSPS) is 12.9. The van der Waals surface area contributed by atoms with Crippen LogP contribution < -0.4 is 0 Å². The molecule has 17 heavy (non-hydrogen) atoms. The topological polar surface area (TPSA) is 52.6 Å². The lowest BCUT2D eigenvalue weighted by Gasteiger charge is -1.99. The Kier molecular flexibility index (Phi) is 6.12. The number of ether oxygens (including phenoxy) is 1. The lowest BCUT2D eigenvalue weighted by atomic mass is 10.2. The highest BCUT2D eigenvalue weighted by Crippen LogP contribution is 2.27. The third kappa shape index (κ3) is 5.26. The fraction of sp³-hybridized carbons (Fsp3) is 0.364. The molecule has 0 heterocycles. The molecular weight excluding hydrogens is 263 g/mol. The lowest BCUT2D eigenvalue weighted by molar-refractivity contribution is -0.139.